The smallest absolute Gasteiger partial charge is 0.235 e. The van der Waals surface area contributed by atoms with Crippen molar-refractivity contribution in [3.8, 4) is 0 Å². The van der Waals surface area contributed by atoms with Gasteiger partial charge in [-0.2, -0.15) is 0 Å². The van der Waals surface area contributed by atoms with Crippen molar-refractivity contribution in [3.63, 3.8) is 0 Å². The largest absolute Gasteiger partial charge is 0.342 e. The number of hydrogen-bond acceptors (Lipinski definition) is 5. The van der Waals surface area contributed by atoms with Crippen molar-refractivity contribution in [1.29, 1.82) is 0 Å². The predicted octanol–water partition coefficient (Wildman–Crippen LogP) is 3.06. The molecule has 2 aliphatic carbocycles. The zero-order chi connectivity index (χ0) is 16.2. The highest BCUT2D eigenvalue weighted by Crippen LogP contribution is 2.33. The van der Waals surface area contributed by atoms with Gasteiger partial charge in [0.25, 0.3) is 0 Å². The van der Waals surface area contributed by atoms with Crippen LogP contribution in [0, 0.1) is 0 Å². The van der Waals surface area contributed by atoms with Crippen LogP contribution in [0.5, 0.6) is 0 Å². The topological polar surface area (TPSA) is 63.9 Å². The van der Waals surface area contributed by atoms with E-state index in [0.29, 0.717) is 12.1 Å². The highest BCUT2D eigenvalue weighted by molar-refractivity contribution is 8.00. The average molecular weight is 337 g/mol. The molecule has 1 unspecified atom stereocenters. The second kappa shape index (κ2) is 7.64. The maximum Gasteiger partial charge on any atom is 0.235 e. The molecule has 1 aromatic heterocycles. The minimum absolute atomic E-state index is 0.145. The SMILES string of the molecule is CC(Sc1nnnn1C1CCCC1)C(=O)N(C)C1CCCCC1. The van der Waals surface area contributed by atoms with Gasteiger partial charge in [0.05, 0.1) is 11.3 Å². The van der Waals surface area contributed by atoms with E-state index < -0.39 is 0 Å². The first-order valence-corrected chi connectivity index (χ1v) is 9.76. The molecule has 23 heavy (non-hydrogen) atoms. The third-order valence-corrected chi connectivity index (χ3v) is 6.27. The fourth-order valence-corrected chi connectivity index (χ4v) is 4.75. The van der Waals surface area contributed by atoms with E-state index in [1.54, 1.807) is 0 Å². The van der Waals surface area contributed by atoms with E-state index in [1.807, 2.05) is 23.6 Å². The molecule has 0 radical (unpaired) electrons. The lowest BCUT2D eigenvalue weighted by Crippen LogP contribution is -2.42. The van der Waals surface area contributed by atoms with E-state index in [4.69, 9.17) is 0 Å². The molecule has 3 rings (SSSR count). The van der Waals surface area contributed by atoms with Gasteiger partial charge >= 0.3 is 0 Å². The zero-order valence-electron chi connectivity index (χ0n) is 14.1. The van der Waals surface area contributed by atoms with Crippen molar-refractivity contribution in [2.45, 2.75) is 87.2 Å². The Labute approximate surface area is 142 Å². The van der Waals surface area contributed by atoms with Crippen molar-refractivity contribution in [1.82, 2.24) is 25.1 Å². The number of hydrogen-bond donors (Lipinski definition) is 0. The first kappa shape index (κ1) is 16.7. The van der Waals surface area contributed by atoms with Gasteiger partial charge in [-0.3, -0.25) is 4.79 Å². The third-order valence-electron chi connectivity index (χ3n) is 5.23. The van der Waals surface area contributed by atoms with E-state index in [0.717, 1.165) is 30.8 Å². The van der Waals surface area contributed by atoms with Crippen molar-refractivity contribution < 1.29 is 4.79 Å². The van der Waals surface area contributed by atoms with Crippen LogP contribution in [0.25, 0.3) is 0 Å². The molecule has 1 aromatic rings. The van der Waals surface area contributed by atoms with Gasteiger partial charge in [-0.05, 0) is 43.0 Å². The Bertz CT molecular complexity index is 522. The van der Waals surface area contributed by atoms with Crippen LogP contribution in [0.4, 0.5) is 0 Å². The molecule has 0 saturated heterocycles. The molecule has 0 aromatic carbocycles. The van der Waals surface area contributed by atoms with Crippen LogP contribution in [-0.4, -0.2) is 49.4 Å². The lowest BCUT2D eigenvalue weighted by molar-refractivity contribution is -0.131. The van der Waals surface area contributed by atoms with Gasteiger partial charge in [-0.15, -0.1) is 5.10 Å². The summed E-state index contributed by atoms with van der Waals surface area (Å²) in [5, 5.41) is 12.8. The summed E-state index contributed by atoms with van der Waals surface area (Å²) in [4.78, 5) is 14.7. The average Bonchev–Trinajstić information content (AvgIpc) is 3.25. The summed E-state index contributed by atoms with van der Waals surface area (Å²) in [6.07, 6.45) is 10.8. The molecular formula is C16H27N5OS. The number of thioether (sulfide) groups is 1. The van der Waals surface area contributed by atoms with Crippen LogP contribution in [-0.2, 0) is 4.79 Å². The molecule has 2 saturated carbocycles. The number of rotatable bonds is 5. The molecule has 1 heterocycles. The number of aromatic nitrogens is 4. The van der Waals surface area contributed by atoms with Crippen LogP contribution in [0.1, 0.15) is 70.8 Å². The number of tetrazole rings is 1. The highest BCUT2D eigenvalue weighted by atomic mass is 32.2. The molecule has 0 spiro atoms. The van der Waals surface area contributed by atoms with Gasteiger partial charge in [0.1, 0.15) is 0 Å². The number of nitrogens with zero attached hydrogens (tertiary/aromatic N) is 5. The van der Waals surface area contributed by atoms with Gasteiger partial charge in [-0.1, -0.05) is 43.9 Å². The fourth-order valence-electron chi connectivity index (χ4n) is 3.78. The molecule has 0 N–H and O–H groups in total. The standard InChI is InChI=1S/C16H27N5OS/c1-12(15(22)20(2)13-8-4-3-5-9-13)23-16-17-18-19-21(16)14-10-6-7-11-14/h12-14H,3-11H2,1-2H3. The Morgan fingerprint density at radius 2 is 1.83 bits per heavy atom. The minimum Gasteiger partial charge on any atom is -0.342 e. The van der Waals surface area contributed by atoms with Crippen molar-refractivity contribution in [2.24, 2.45) is 0 Å². The van der Waals surface area contributed by atoms with Gasteiger partial charge < -0.3 is 4.90 Å². The molecular weight excluding hydrogens is 310 g/mol. The molecule has 6 nitrogen and oxygen atoms in total. The van der Waals surface area contributed by atoms with Crippen molar-refractivity contribution in [3.05, 3.63) is 0 Å². The molecule has 1 amide bonds. The maximum atomic E-state index is 12.7. The van der Waals surface area contributed by atoms with Crippen molar-refractivity contribution >= 4 is 17.7 Å². The fraction of sp³-hybridized carbons (Fsp3) is 0.875. The second-order valence-electron chi connectivity index (χ2n) is 6.85. The summed E-state index contributed by atoms with van der Waals surface area (Å²) in [5.74, 6) is 0.197. The molecule has 7 heteroatoms. The predicted molar refractivity (Wildman–Crippen MR) is 90.3 cm³/mol. The lowest BCUT2D eigenvalue weighted by Gasteiger charge is -2.32. The number of amides is 1. The summed E-state index contributed by atoms with van der Waals surface area (Å²) < 4.78 is 1.93. The quantitative estimate of drug-likeness (QED) is 0.773. The second-order valence-corrected chi connectivity index (χ2v) is 8.15. The monoisotopic (exact) mass is 337 g/mol. The first-order valence-electron chi connectivity index (χ1n) is 8.88. The first-order chi connectivity index (χ1) is 11.2. The van der Waals surface area contributed by atoms with E-state index in [1.165, 1.54) is 43.9 Å². The highest BCUT2D eigenvalue weighted by Gasteiger charge is 2.29. The summed E-state index contributed by atoms with van der Waals surface area (Å²) in [6, 6.07) is 0.816. The molecule has 0 aliphatic heterocycles. The summed E-state index contributed by atoms with van der Waals surface area (Å²) in [6.45, 7) is 1.97. The van der Waals surface area contributed by atoms with Crippen LogP contribution in [0.3, 0.4) is 0 Å². The minimum atomic E-state index is -0.145. The Morgan fingerprint density at radius 3 is 2.52 bits per heavy atom. The summed E-state index contributed by atoms with van der Waals surface area (Å²) in [7, 11) is 1.95. The van der Waals surface area contributed by atoms with Gasteiger partial charge in [0.15, 0.2) is 0 Å². The number of carbonyl (C=O) groups is 1. The van der Waals surface area contributed by atoms with Crippen LogP contribution >= 0.6 is 11.8 Å². The zero-order valence-corrected chi connectivity index (χ0v) is 15.0. The Morgan fingerprint density at radius 1 is 1.17 bits per heavy atom. The lowest BCUT2D eigenvalue weighted by atomic mass is 9.94. The van der Waals surface area contributed by atoms with Crippen molar-refractivity contribution in [2.75, 3.05) is 7.05 Å². The Kier molecular flexibility index (Phi) is 5.56. The van der Waals surface area contributed by atoms with Crippen LogP contribution in [0.15, 0.2) is 5.16 Å². The Balaban J connectivity index is 1.61. The van der Waals surface area contributed by atoms with E-state index >= 15 is 0 Å². The Hall–Kier alpha value is -1.11. The molecule has 2 aliphatic rings. The van der Waals surface area contributed by atoms with Gasteiger partial charge in [-0.25, -0.2) is 4.68 Å². The van der Waals surface area contributed by atoms with Crippen LogP contribution in [0.2, 0.25) is 0 Å². The number of carbonyl (C=O) groups excluding carboxylic acids is 1. The van der Waals surface area contributed by atoms with Gasteiger partial charge in [0, 0.05) is 13.1 Å². The molecule has 0 bridgehead atoms. The molecule has 128 valence electrons. The molecule has 2 fully saturated rings. The van der Waals surface area contributed by atoms with E-state index in [2.05, 4.69) is 15.5 Å². The maximum absolute atomic E-state index is 12.7. The molecule has 1 atom stereocenters. The third kappa shape index (κ3) is 3.87. The van der Waals surface area contributed by atoms with E-state index in [9.17, 15) is 4.79 Å². The van der Waals surface area contributed by atoms with E-state index in [-0.39, 0.29) is 11.2 Å². The van der Waals surface area contributed by atoms with Gasteiger partial charge in [0.2, 0.25) is 11.1 Å². The normalized spacial score (nSPS) is 21.5. The summed E-state index contributed by atoms with van der Waals surface area (Å²) in [5.41, 5.74) is 0. The summed E-state index contributed by atoms with van der Waals surface area (Å²) >= 11 is 1.50. The van der Waals surface area contributed by atoms with Crippen LogP contribution < -0.4 is 0 Å².